The number of Topliss-reactive ketones (excluding diaryl/α,β-unsaturated/α-hetero) is 2. The van der Waals surface area contributed by atoms with Crippen LogP contribution in [0.5, 0.6) is 5.75 Å². The predicted molar refractivity (Wildman–Crippen MR) is 83.9 cm³/mol. The molecule has 0 aliphatic rings. The van der Waals surface area contributed by atoms with E-state index in [1.54, 1.807) is 19.4 Å². The Bertz CT molecular complexity index is 852. The maximum Gasteiger partial charge on any atom is 0.268 e. The fourth-order valence-corrected chi connectivity index (χ4v) is 2.36. The quantitative estimate of drug-likeness (QED) is 0.527. The molecule has 3 aromatic rings. The summed E-state index contributed by atoms with van der Waals surface area (Å²) in [6, 6.07) is 9.43. The van der Waals surface area contributed by atoms with Gasteiger partial charge in [0.15, 0.2) is 0 Å². The fourth-order valence-electron chi connectivity index (χ4n) is 2.36. The van der Waals surface area contributed by atoms with E-state index in [9.17, 15) is 9.59 Å². The number of hydrogen-bond acceptors (Lipinski definition) is 6. The van der Waals surface area contributed by atoms with Crippen molar-refractivity contribution in [2.75, 3.05) is 7.11 Å². The zero-order valence-electron chi connectivity index (χ0n) is 13.0. The molecule has 0 saturated heterocycles. The lowest BCUT2D eigenvalue weighted by Gasteiger charge is -2.06. The Labute approximate surface area is 137 Å². The molecule has 3 rings (SSSR count). The molecule has 0 fully saturated rings. The number of H-pyrrole nitrogens is 1. The standard InChI is InChI=1S/C17H15N3O4/c1-23-15-5-3-2-4-12(15)6-11-7-13(24-9-11)8-14(21)16(22)17-18-10-19-20-17/h2-5,7,9-10H,6,8H2,1H3,(H,18,19,20). The maximum absolute atomic E-state index is 12.0. The highest BCUT2D eigenvalue weighted by molar-refractivity contribution is 6.42. The number of carbonyl (C=O) groups excluding carboxylic acids is 2. The molecule has 0 unspecified atom stereocenters. The van der Waals surface area contributed by atoms with E-state index in [2.05, 4.69) is 15.2 Å². The molecule has 0 saturated carbocycles. The highest BCUT2D eigenvalue weighted by Gasteiger charge is 2.21. The van der Waals surface area contributed by atoms with Gasteiger partial charge in [-0.25, -0.2) is 4.98 Å². The number of hydrogen-bond donors (Lipinski definition) is 1. The zero-order chi connectivity index (χ0) is 16.9. The van der Waals surface area contributed by atoms with Gasteiger partial charge in [0.05, 0.1) is 19.8 Å². The van der Waals surface area contributed by atoms with E-state index in [1.807, 2.05) is 24.3 Å². The van der Waals surface area contributed by atoms with E-state index in [0.717, 1.165) is 16.9 Å². The lowest BCUT2D eigenvalue weighted by molar-refractivity contribution is -0.114. The summed E-state index contributed by atoms with van der Waals surface area (Å²) >= 11 is 0. The van der Waals surface area contributed by atoms with Crippen molar-refractivity contribution in [2.45, 2.75) is 12.8 Å². The summed E-state index contributed by atoms with van der Waals surface area (Å²) in [7, 11) is 1.62. The largest absolute Gasteiger partial charge is 0.496 e. The fraction of sp³-hybridized carbons (Fsp3) is 0.176. The molecule has 0 amide bonds. The predicted octanol–water partition coefficient (Wildman–Crippen LogP) is 1.99. The summed E-state index contributed by atoms with van der Waals surface area (Å²) in [6.07, 6.45) is 3.31. The number of carbonyl (C=O) groups is 2. The van der Waals surface area contributed by atoms with Crippen LogP contribution in [0.15, 0.2) is 47.3 Å². The number of nitrogens with one attached hydrogen (secondary N) is 1. The van der Waals surface area contributed by atoms with Gasteiger partial charge >= 0.3 is 0 Å². The molecule has 0 aliphatic heterocycles. The van der Waals surface area contributed by atoms with E-state index in [-0.39, 0.29) is 12.2 Å². The summed E-state index contributed by atoms with van der Waals surface area (Å²) in [5.74, 6) is -0.280. The number of rotatable bonds is 7. The van der Waals surface area contributed by atoms with Crippen molar-refractivity contribution in [1.29, 1.82) is 0 Å². The highest BCUT2D eigenvalue weighted by Crippen LogP contribution is 2.22. The topological polar surface area (TPSA) is 98.1 Å². The molecule has 2 aromatic heterocycles. The first-order valence-electron chi connectivity index (χ1n) is 7.29. The summed E-state index contributed by atoms with van der Waals surface area (Å²) < 4.78 is 10.7. The van der Waals surface area contributed by atoms with Crippen molar-refractivity contribution in [1.82, 2.24) is 15.2 Å². The van der Waals surface area contributed by atoms with Gasteiger partial charge in [0.1, 0.15) is 17.8 Å². The first kappa shape index (κ1) is 15.7. The van der Waals surface area contributed by atoms with Crippen LogP contribution in [-0.4, -0.2) is 33.9 Å². The summed E-state index contributed by atoms with van der Waals surface area (Å²) in [6.45, 7) is 0. The SMILES string of the molecule is COc1ccccc1Cc1coc(CC(=O)C(=O)c2nc[nH]n2)c1. The Morgan fingerprint density at radius 3 is 2.88 bits per heavy atom. The molecule has 1 N–H and O–H groups in total. The molecule has 0 aliphatic carbocycles. The first-order chi connectivity index (χ1) is 11.7. The number of benzene rings is 1. The Balaban J connectivity index is 1.67. The molecule has 0 spiro atoms. The van der Waals surface area contributed by atoms with Crippen LogP contribution in [-0.2, 0) is 17.6 Å². The molecule has 0 atom stereocenters. The van der Waals surface area contributed by atoms with Crippen LogP contribution >= 0.6 is 0 Å². The van der Waals surface area contributed by atoms with E-state index in [4.69, 9.17) is 9.15 Å². The van der Waals surface area contributed by atoms with Crippen LogP contribution in [0, 0.1) is 0 Å². The van der Waals surface area contributed by atoms with Gasteiger partial charge in [0, 0.05) is 6.42 Å². The Kier molecular flexibility index (Phi) is 4.51. The molecule has 122 valence electrons. The van der Waals surface area contributed by atoms with E-state index in [0.29, 0.717) is 12.2 Å². The van der Waals surface area contributed by atoms with Gasteiger partial charge < -0.3 is 9.15 Å². The first-order valence-corrected chi connectivity index (χ1v) is 7.29. The van der Waals surface area contributed by atoms with Crippen molar-refractivity contribution < 1.29 is 18.7 Å². The van der Waals surface area contributed by atoms with E-state index in [1.165, 1.54) is 6.33 Å². The molecule has 7 nitrogen and oxygen atoms in total. The van der Waals surface area contributed by atoms with Gasteiger partial charge in [-0.2, -0.15) is 0 Å². The smallest absolute Gasteiger partial charge is 0.268 e. The van der Waals surface area contributed by atoms with Gasteiger partial charge in [-0.15, -0.1) is 5.10 Å². The second-order valence-electron chi connectivity index (χ2n) is 5.16. The van der Waals surface area contributed by atoms with Gasteiger partial charge in [-0.05, 0) is 23.3 Å². The van der Waals surface area contributed by atoms with Gasteiger partial charge in [0.25, 0.3) is 5.78 Å². The minimum Gasteiger partial charge on any atom is -0.496 e. The van der Waals surface area contributed by atoms with Crippen molar-refractivity contribution >= 4 is 11.6 Å². The molecule has 24 heavy (non-hydrogen) atoms. The van der Waals surface area contributed by atoms with Crippen LogP contribution in [0.2, 0.25) is 0 Å². The lowest BCUT2D eigenvalue weighted by Crippen LogP contribution is -2.17. The minimum atomic E-state index is -0.737. The van der Waals surface area contributed by atoms with Crippen LogP contribution in [0.1, 0.15) is 27.5 Å². The number of nitrogens with zero attached hydrogens (tertiary/aromatic N) is 2. The monoisotopic (exact) mass is 325 g/mol. The number of para-hydroxylation sites is 1. The Morgan fingerprint density at radius 1 is 1.29 bits per heavy atom. The van der Waals surface area contributed by atoms with Gasteiger partial charge in [-0.1, -0.05) is 18.2 Å². The average molecular weight is 325 g/mol. The number of methoxy groups -OCH3 is 1. The van der Waals surface area contributed by atoms with Crippen LogP contribution in [0.3, 0.4) is 0 Å². The third-order valence-electron chi connectivity index (χ3n) is 3.50. The summed E-state index contributed by atoms with van der Waals surface area (Å²) in [4.78, 5) is 27.5. The number of ether oxygens (including phenoxy) is 1. The molecular formula is C17H15N3O4. The number of furan rings is 1. The van der Waals surface area contributed by atoms with E-state index < -0.39 is 11.6 Å². The third-order valence-corrected chi connectivity index (χ3v) is 3.50. The summed E-state index contributed by atoms with van der Waals surface area (Å²) in [5, 5.41) is 6.01. The second kappa shape index (κ2) is 6.91. The molecule has 7 heteroatoms. The lowest BCUT2D eigenvalue weighted by atomic mass is 10.1. The third kappa shape index (κ3) is 3.40. The van der Waals surface area contributed by atoms with Gasteiger partial charge in [-0.3, -0.25) is 14.7 Å². The molecule has 1 aromatic carbocycles. The van der Waals surface area contributed by atoms with Crippen molar-refractivity contribution in [2.24, 2.45) is 0 Å². The van der Waals surface area contributed by atoms with Crippen molar-refractivity contribution in [3.8, 4) is 5.75 Å². The van der Waals surface area contributed by atoms with E-state index >= 15 is 0 Å². The van der Waals surface area contributed by atoms with Crippen LogP contribution < -0.4 is 4.74 Å². The minimum absolute atomic E-state index is 0.126. The second-order valence-corrected chi connectivity index (χ2v) is 5.16. The van der Waals surface area contributed by atoms with Crippen LogP contribution in [0.25, 0.3) is 0 Å². The maximum atomic E-state index is 12.0. The zero-order valence-corrected chi connectivity index (χ0v) is 13.0. The molecule has 2 heterocycles. The van der Waals surface area contributed by atoms with Crippen molar-refractivity contribution in [3.63, 3.8) is 0 Å². The van der Waals surface area contributed by atoms with Gasteiger partial charge in [0.2, 0.25) is 11.6 Å². The highest BCUT2D eigenvalue weighted by atomic mass is 16.5. The number of aromatic amines is 1. The number of ketones is 2. The average Bonchev–Trinajstić information content (AvgIpc) is 3.27. The normalized spacial score (nSPS) is 10.5. The molecule has 0 bridgehead atoms. The Hall–Kier alpha value is -3.22. The van der Waals surface area contributed by atoms with Crippen LogP contribution in [0.4, 0.5) is 0 Å². The molecular weight excluding hydrogens is 310 g/mol. The van der Waals surface area contributed by atoms with Crippen molar-refractivity contribution in [3.05, 3.63) is 65.6 Å². The molecule has 0 radical (unpaired) electrons. The Morgan fingerprint density at radius 2 is 2.12 bits per heavy atom. The number of aromatic nitrogens is 3. The summed E-state index contributed by atoms with van der Waals surface area (Å²) in [5.41, 5.74) is 1.91.